The Bertz CT molecular complexity index is 264. The summed E-state index contributed by atoms with van der Waals surface area (Å²) in [5.74, 6) is 0. The third kappa shape index (κ3) is 4.75. The van der Waals surface area contributed by atoms with Gasteiger partial charge in [0.05, 0.1) is 6.10 Å². The lowest BCUT2D eigenvalue weighted by atomic mass is 10.1. The Hall–Kier alpha value is -0.900. The highest BCUT2D eigenvalue weighted by Gasteiger charge is 2.10. The minimum absolute atomic E-state index is 0.118. The van der Waals surface area contributed by atoms with Gasteiger partial charge in [-0.15, -0.1) is 0 Å². The van der Waals surface area contributed by atoms with Crippen molar-refractivity contribution in [2.45, 2.75) is 18.9 Å². The maximum Gasteiger partial charge on any atom is 0.0846 e. The molecule has 2 N–H and O–H groups in total. The summed E-state index contributed by atoms with van der Waals surface area (Å²) in [7, 11) is 1.71. The molecule has 0 heterocycles. The molecule has 0 saturated carbocycles. The van der Waals surface area contributed by atoms with E-state index in [0.29, 0.717) is 19.8 Å². The molecule has 3 nitrogen and oxygen atoms in total. The van der Waals surface area contributed by atoms with Crippen LogP contribution in [0.5, 0.6) is 0 Å². The molecule has 0 aromatic heterocycles. The largest absolute Gasteiger partial charge is 0.385 e. The van der Waals surface area contributed by atoms with Crippen LogP contribution in [0.15, 0.2) is 30.3 Å². The summed E-state index contributed by atoms with van der Waals surface area (Å²) in [6, 6.07) is 10.2. The van der Waals surface area contributed by atoms with Crippen LogP contribution in [0.1, 0.15) is 24.5 Å². The smallest absolute Gasteiger partial charge is 0.0846 e. The molecular weight excluding hydrogens is 202 g/mol. The van der Waals surface area contributed by atoms with Crippen LogP contribution in [-0.2, 0) is 9.47 Å². The molecule has 0 aliphatic carbocycles. The van der Waals surface area contributed by atoms with Gasteiger partial charge in [0, 0.05) is 26.7 Å². The third-order valence-corrected chi connectivity index (χ3v) is 2.42. The van der Waals surface area contributed by atoms with Gasteiger partial charge in [-0.1, -0.05) is 30.3 Å². The van der Waals surface area contributed by atoms with Gasteiger partial charge in [0.25, 0.3) is 0 Å². The molecule has 3 heteroatoms. The Balaban J connectivity index is 2.49. The van der Waals surface area contributed by atoms with E-state index >= 15 is 0 Å². The molecule has 0 radical (unpaired) electrons. The zero-order chi connectivity index (χ0) is 11.6. The highest BCUT2D eigenvalue weighted by atomic mass is 16.5. The second-order valence-corrected chi connectivity index (χ2v) is 3.69. The molecule has 0 aliphatic heterocycles. The van der Waals surface area contributed by atoms with Gasteiger partial charge >= 0.3 is 0 Å². The van der Waals surface area contributed by atoms with Crippen molar-refractivity contribution in [1.82, 2.24) is 0 Å². The Labute approximate surface area is 97.6 Å². The van der Waals surface area contributed by atoms with Crippen LogP contribution < -0.4 is 5.73 Å². The summed E-state index contributed by atoms with van der Waals surface area (Å²) in [5, 5.41) is 0. The van der Waals surface area contributed by atoms with Crippen molar-refractivity contribution in [3.8, 4) is 0 Å². The first-order chi connectivity index (χ1) is 7.88. The predicted octanol–water partition coefficient (Wildman–Crippen LogP) is 2.13. The summed E-state index contributed by atoms with van der Waals surface area (Å²) < 4.78 is 10.9. The first kappa shape index (κ1) is 13.2. The van der Waals surface area contributed by atoms with Crippen LogP contribution in [0.25, 0.3) is 0 Å². The average molecular weight is 223 g/mol. The number of hydrogen-bond donors (Lipinski definition) is 1. The van der Waals surface area contributed by atoms with Crippen molar-refractivity contribution in [3.05, 3.63) is 35.9 Å². The van der Waals surface area contributed by atoms with Crippen molar-refractivity contribution < 1.29 is 9.47 Å². The van der Waals surface area contributed by atoms with Crippen LogP contribution in [0, 0.1) is 0 Å². The fourth-order valence-corrected chi connectivity index (χ4v) is 1.55. The minimum atomic E-state index is 0.118. The molecule has 0 bridgehead atoms. The highest BCUT2D eigenvalue weighted by Crippen LogP contribution is 2.20. The van der Waals surface area contributed by atoms with Gasteiger partial charge < -0.3 is 15.2 Å². The predicted molar refractivity (Wildman–Crippen MR) is 65.3 cm³/mol. The molecule has 0 fully saturated rings. The first-order valence-electron chi connectivity index (χ1n) is 5.74. The van der Waals surface area contributed by atoms with E-state index in [4.69, 9.17) is 15.2 Å². The van der Waals surface area contributed by atoms with E-state index < -0.39 is 0 Å². The number of benzene rings is 1. The normalized spacial score (nSPS) is 12.6. The highest BCUT2D eigenvalue weighted by molar-refractivity contribution is 5.17. The van der Waals surface area contributed by atoms with Crippen LogP contribution in [0.2, 0.25) is 0 Å². The van der Waals surface area contributed by atoms with E-state index in [2.05, 4.69) is 12.1 Å². The molecule has 1 aromatic rings. The van der Waals surface area contributed by atoms with E-state index in [9.17, 15) is 0 Å². The second-order valence-electron chi connectivity index (χ2n) is 3.69. The summed E-state index contributed by atoms with van der Waals surface area (Å²) in [6.45, 7) is 2.09. The Kier molecular flexibility index (Phi) is 6.81. The van der Waals surface area contributed by atoms with Gasteiger partial charge in [0.2, 0.25) is 0 Å². The first-order valence-corrected chi connectivity index (χ1v) is 5.74. The Morgan fingerprint density at radius 3 is 2.56 bits per heavy atom. The molecule has 1 rings (SSSR count). The third-order valence-electron chi connectivity index (χ3n) is 2.42. The van der Waals surface area contributed by atoms with Gasteiger partial charge in [0.1, 0.15) is 0 Å². The molecule has 90 valence electrons. The van der Waals surface area contributed by atoms with Crippen LogP contribution in [0.3, 0.4) is 0 Å². The van der Waals surface area contributed by atoms with Crippen LogP contribution in [0.4, 0.5) is 0 Å². The van der Waals surface area contributed by atoms with Gasteiger partial charge in [-0.3, -0.25) is 0 Å². The van der Waals surface area contributed by atoms with Crippen LogP contribution >= 0.6 is 0 Å². The molecule has 1 aromatic carbocycles. The van der Waals surface area contributed by atoms with Crippen molar-refractivity contribution in [3.63, 3.8) is 0 Å². The fourth-order valence-electron chi connectivity index (χ4n) is 1.55. The topological polar surface area (TPSA) is 44.5 Å². The molecule has 1 atom stereocenters. The molecule has 0 amide bonds. The maximum atomic E-state index is 5.81. The molecule has 1 unspecified atom stereocenters. The van der Waals surface area contributed by atoms with E-state index in [-0.39, 0.29) is 6.10 Å². The van der Waals surface area contributed by atoms with Crippen molar-refractivity contribution >= 4 is 0 Å². The number of rotatable bonds is 8. The number of ether oxygens (including phenoxy) is 2. The van der Waals surface area contributed by atoms with Gasteiger partial charge in [-0.25, -0.2) is 0 Å². The van der Waals surface area contributed by atoms with Gasteiger partial charge in [-0.05, 0) is 18.5 Å². The molecule has 0 saturated heterocycles. The fraction of sp³-hybridized carbons (Fsp3) is 0.538. The quantitative estimate of drug-likeness (QED) is 0.687. The lowest BCUT2D eigenvalue weighted by molar-refractivity contribution is 0.0278. The molecule has 0 spiro atoms. The van der Waals surface area contributed by atoms with Crippen molar-refractivity contribution in [1.29, 1.82) is 0 Å². The lowest BCUT2D eigenvalue weighted by Gasteiger charge is -2.17. The number of nitrogens with two attached hydrogens (primary N) is 1. The second kappa shape index (κ2) is 8.28. The number of methoxy groups -OCH3 is 1. The van der Waals surface area contributed by atoms with E-state index in [0.717, 1.165) is 12.8 Å². The Morgan fingerprint density at radius 1 is 1.19 bits per heavy atom. The van der Waals surface area contributed by atoms with E-state index in [1.807, 2.05) is 18.2 Å². The average Bonchev–Trinajstić information content (AvgIpc) is 2.35. The summed E-state index contributed by atoms with van der Waals surface area (Å²) in [4.78, 5) is 0. The standard InChI is InChI=1S/C13H21NO2/c1-15-11-8-13(16-10-5-9-14)12-6-3-2-4-7-12/h2-4,6-7,13H,5,8-11,14H2,1H3. The van der Waals surface area contributed by atoms with Gasteiger partial charge in [0.15, 0.2) is 0 Å². The maximum absolute atomic E-state index is 5.81. The monoisotopic (exact) mass is 223 g/mol. The summed E-state index contributed by atoms with van der Waals surface area (Å²) in [6.07, 6.45) is 1.90. The SMILES string of the molecule is COCCC(OCCCN)c1ccccc1. The van der Waals surface area contributed by atoms with Crippen molar-refractivity contribution in [2.75, 3.05) is 26.9 Å². The van der Waals surface area contributed by atoms with Crippen molar-refractivity contribution in [2.24, 2.45) is 5.73 Å². The minimum Gasteiger partial charge on any atom is -0.385 e. The van der Waals surface area contributed by atoms with Gasteiger partial charge in [-0.2, -0.15) is 0 Å². The zero-order valence-electron chi connectivity index (χ0n) is 9.89. The number of hydrogen-bond acceptors (Lipinski definition) is 3. The molecule has 16 heavy (non-hydrogen) atoms. The van der Waals surface area contributed by atoms with Crippen LogP contribution in [-0.4, -0.2) is 26.9 Å². The molecular formula is C13H21NO2. The van der Waals surface area contributed by atoms with E-state index in [1.165, 1.54) is 5.56 Å². The summed E-state index contributed by atoms with van der Waals surface area (Å²) in [5.41, 5.74) is 6.65. The molecule has 0 aliphatic rings. The van der Waals surface area contributed by atoms with E-state index in [1.54, 1.807) is 7.11 Å². The lowest BCUT2D eigenvalue weighted by Crippen LogP contribution is -2.11. The Morgan fingerprint density at radius 2 is 1.94 bits per heavy atom. The zero-order valence-corrected chi connectivity index (χ0v) is 9.89. The summed E-state index contributed by atoms with van der Waals surface area (Å²) >= 11 is 0.